The van der Waals surface area contributed by atoms with Crippen LogP contribution in [0.1, 0.15) is 109 Å². The van der Waals surface area contributed by atoms with E-state index in [1.807, 2.05) is 0 Å². The minimum Gasteiger partial charge on any atom is -0.311 e. The molecule has 4 bridgehead atoms. The van der Waals surface area contributed by atoms with Crippen LogP contribution in [0.3, 0.4) is 0 Å². The fourth-order valence-corrected chi connectivity index (χ4v) is 18.6. The summed E-state index contributed by atoms with van der Waals surface area (Å²) < 4.78 is 5.43. The fourth-order valence-electron chi connectivity index (χ4n) is 18.6. The van der Waals surface area contributed by atoms with Crippen LogP contribution in [-0.4, -0.2) is 15.8 Å². The van der Waals surface area contributed by atoms with Crippen molar-refractivity contribution < 1.29 is 0 Å². The second-order valence-corrected chi connectivity index (χ2v) is 28.5. The third-order valence-electron chi connectivity index (χ3n) is 22.3. The van der Waals surface area contributed by atoms with Crippen LogP contribution in [0.4, 0.5) is 17.1 Å². The largest absolute Gasteiger partial charge is 0.311 e. The van der Waals surface area contributed by atoms with Gasteiger partial charge >= 0.3 is 0 Å². The standard InChI is InChI=1S/C77H64BN3/c1-74(2,3)45-24-28-49(29-25-45)79-62-32-26-46(75(4,5)6)36-60(62)78-71-65(79)37-50(80-63-22-14-20-54-52-17-10-9-16-51(52)53-19-13-15-42-23-30-64(80)70(67(42)53)69(54)63)38-66(71)81-61-31-27-47(77-40-43-33-48(77)34-44(43)41-77)35-56(61)57-39-59-68(72(78)73(57)81)55-18-11-12-21-58(55)76(59,7)8/h9-32,35-39,43-44,48H,33-34,40-41H2,1-8H3. The molecule has 0 spiro atoms. The highest BCUT2D eigenvalue weighted by Crippen LogP contribution is 2.70. The SMILES string of the molecule is CC(C)(C)c1ccc(N2c3ccc(C(C)(C)C)cc3B3c4c2cc(-n2c5cccc6c5c5c7c(cccc7ccc52)-c2ccccc2-6)cc4-n2c4ccc(C56CC7CC5CC7C6)cc4c4cc5c(c3c42)-c2ccccc2C5(C)C)cc1. The summed E-state index contributed by atoms with van der Waals surface area (Å²) in [7, 11) is 0. The van der Waals surface area contributed by atoms with E-state index in [0.717, 1.165) is 17.8 Å². The third kappa shape index (κ3) is 5.50. The molecule has 4 fully saturated rings. The number of hydrogen-bond acceptors (Lipinski definition) is 1. The van der Waals surface area contributed by atoms with E-state index in [-0.39, 0.29) is 23.0 Å². The van der Waals surface area contributed by atoms with E-state index in [0.29, 0.717) is 5.41 Å². The number of anilines is 3. The van der Waals surface area contributed by atoms with Crippen LogP contribution in [0, 0.1) is 17.8 Å². The molecule has 2 atom stereocenters. The van der Waals surface area contributed by atoms with E-state index in [4.69, 9.17) is 0 Å². The van der Waals surface area contributed by atoms with Gasteiger partial charge in [0.25, 0.3) is 6.71 Å². The van der Waals surface area contributed by atoms with Crippen LogP contribution in [0.15, 0.2) is 176 Å². The summed E-state index contributed by atoms with van der Waals surface area (Å²) in [6.45, 7) is 19.1. The molecule has 0 radical (unpaired) electrons. The highest BCUT2D eigenvalue weighted by Gasteiger charge is 2.63. The van der Waals surface area contributed by atoms with E-state index < -0.39 is 0 Å². The Hall–Kier alpha value is -8.08. The molecule has 3 nitrogen and oxygen atoms in total. The molecule has 2 unspecified atom stereocenters. The summed E-state index contributed by atoms with van der Waals surface area (Å²) >= 11 is 0. The highest BCUT2D eigenvalue weighted by molar-refractivity contribution is 7.01. The lowest BCUT2D eigenvalue weighted by atomic mass is 9.32. The van der Waals surface area contributed by atoms with Crippen molar-refractivity contribution in [2.45, 2.75) is 103 Å². The van der Waals surface area contributed by atoms with Crippen LogP contribution in [0.5, 0.6) is 0 Å². The van der Waals surface area contributed by atoms with Gasteiger partial charge in [-0.15, -0.1) is 0 Å². The van der Waals surface area contributed by atoms with E-state index in [1.54, 1.807) is 5.56 Å². The molecule has 4 heteroatoms. The average Bonchev–Trinajstić information content (AvgIpc) is 2.70. The minimum atomic E-state index is -0.187. The maximum atomic E-state index is 2.78. The molecule has 81 heavy (non-hydrogen) atoms. The topological polar surface area (TPSA) is 13.1 Å². The Morgan fingerprint density at radius 1 is 0.469 bits per heavy atom. The number of fused-ring (bicyclic) bond motifs is 14. The Kier molecular flexibility index (Phi) is 8.28. The first-order chi connectivity index (χ1) is 39.2. The van der Waals surface area contributed by atoms with Gasteiger partial charge in [0, 0.05) is 55.2 Å². The molecular weight excluding hydrogens is 978 g/mol. The third-order valence-corrected chi connectivity index (χ3v) is 22.3. The zero-order chi connectivity index (χ0) is 54.1. The normalized spacial score (nSPS) is 20.9. The van der Waals surface area contributed by atoms with Gasteiger partial charge in [-0.05, 0) is 209 Å². The predicted octanol–water partition coefficient (Wildman–Crippen LogP) is 17.9. The Labute approximate surface area is 474 Å². The summed E-state index contributed by atoms with van der Waals surface area (Å²) in [4.78, 5) is 2.66. The zero-order valence-electron chi connectivity index (χ0n) is 47.7. The molecule has 10 aromatic carbocycles. The van der Waals surface area contributed by atoms with Gasteiger partial charge in [0.2, 0.25) is 0 Å². The molecule has 4 saturated carbocycles. The lowest BCUT2D eigenvalue weighted by Gasteiger charge is -2.42. The van der Waals surface area contributed by atoms with Crippen molar-refractivity contribution in [1.82, 2.24) is 9.13 Å². The Bertz CT molecular complexity index is 4900. The smallest absolute Gasteiger partial charge is 0.253 e. The fraction of sp³-hybridized carbons (Fsp3) is 0.247. The quantitative estimate of drug-likeness (QED) is 0.161. The van der Waals surface area contributed by atoms with Gasteiger partial charge in [0.15, 0.2) is 0 Å². The second-order valence-electron chi connectivity index (χ2n) is 28.5. The van der Waals surface area contributed by atoms with Crippen LogP contribution in [0.2, 0.25) is 0 Å². The predicted molar refractivity (Wildman–Crippen MR) is 342 cm³/mol. The van der Waals surface area contributed by atoms with Crippen molar-refractivity contribution >= 4 is 94.5 Å². The Morgan fingerprint density at radius 3 is 1.85 bits per heavy atom. The molecule has 4 heterocycles. The summed E-state index contributed by atoms with van der Waals surface area (Å²) in [6, 6.07) is 70.2. The van der Waals surface area contributed by atoms with Crippen molar-refractivity contribution in [3.8, 4) is 44.8 Å². The number of hydrogen-bond donors (Lipinski definition) is 0. The van der Waals surface area contributed by atoms with Crippen LogP contribution < -0.4 is 21.3 Å². The zero-order valence-corrected chi connectivity index (χ0v) is 47.7. The first-order valence-electron chi connectivity index (χ1n) is 30.2. The van der Waals surface area contributed by atoms with Crippen LogP contribution >= 0.6 is 0 Å². The van der Waals surface area contributed by atoms with Gasteiger partial charge in [0.1, 0.15) is 0 Å². The van der Waals surface area contributed by atoms with Crippen molar-refractivity contribution in [3.63, 3.8) is 0 Å². The summed E-state index contributed by atoms with van der Waals surface area (Å²) in [5.41, 5.74) is 30.9. The minimum absolute atomic E-state index is 0.0126. The van der Waals surface area contributed by atoms with Gasteiger partial charge in [-0.25, -0.2) is 0 Å². The number of benzene rings is 10. The molecule has 0 saturated heterocycles. The lowest BCUT2D eigenvalue weighted by Crippen LogP contribution is -2.61. The Balaban J connectivity index is 0.996. The Morgan fingerprint density at radius 2 is 1.12 bits per heavy atom. The lowest BCUT2D eigenvalue weighted by molar-refractivity contribution is 0.371. The second kappa shape index (κ2) is 14.7. The number of aromatic nitrogens is 2. The molecule has 12 aromatic rings. The molecule has 390 valence electrons. The van der Waals surface area contributed by atoms with Gasteiger partial charge < -0.3 is 14.0 Å². The van der Waals surface area contributed by atoms with Gasteiger partial charge in [-0.3, -0.25) is 0 Å². The van der Waals surface area contributed by atoms with Crippen molar-refractivity contribution in [3.05, 3.63) is 204 Å². The van der Waals surface area contributed by atoms with E-state index in [9.17, 15) is 0 Å². The molecule has 2 aliphatic heterocycles. The molecule has 20 rings (SSSR count). The van der Waals surface area contributed by atoms with Crippen LogP contribution in [-0.2, 0) is 21.7 Å². The van der Waals surface area contributed by atoms with E-state index >= 15 is 0 Å². The number of nitrogens with zero attached hydrogens (tertiary/aromatic N) is 3. The maximum absolute atomic E-state index is 2.78. The van der Waals surface area contributed by atoms with Crippen LogP contribution in [0.25, 0.3) is 99.1 Å². The number of rotatable bonds is 3. The summed E-state index contributed by atoms with van der Waals surface area (Å²) in [5.74, 6) is 2.63. The molecule has 6 aliphatic carbocycles. The molecule has 8 aliphatic rings. The highest BCUT2D eigenvalue weighted by atomic mass is 15.2. The van der Waals surface area contributed by atoms with E-state index in [1.165, 1.54) is 181 Å². The van der Waals surface area contributed by atoms with E-state index in [2.05, 4.69) is 245 Å². The van der Waals surface area contributed by atoms with Crippen molar-refractivity contribution in [2.24, 2.45) is 17.8 Å². The average molecular weight is 1040 g/mol. The monoisotopic (exact) mass is 1040 g/mol. The first-order valence-corrected chi connectivity index (χ1v) is 30.2. The molecule has 0 N–H and O–H groups in total. The summed E-state index contributed by atoms with van der Waals surface area (Å²) in [6.07, 6.45) is 5.59. The van der Waals surface area contributed by atoms with Gasteiger partial charge in [-0.1, -0.05) is 171 Å². The molecule has 2 aromatic heterocycles. The summed E-state index contributed by atoms with van der Waals surface area (Å²) in [5, 5.41) is 8.11. The molecule has 0 amide bonds. The molecular formula is C77H64BN3. The van der Waals surface area contributed by atoms with Crippen molar-refractivity contribution in [2.75, 3.05) is 4.90 Å². The van der Waals surface area contributed by atoms with Gasteiger partial charge in [-0.2, -0.15) is 0 Å². The van der Waals surface area contributed by atoms with Gasteiger partial charge in [0.05, 0.1) is 22.2 Å². The first kappa shape index (κ1) is 45.6. The maximum Gasteiger partial charge on any atom is 0.253 e. The van der Waals surface area contributed by atoms with Crippen molar-refractivity contribution in [1.29, 1.82) is 0 Å².